The maximum atomic E-state index is 8.48. The van der Waals surface area contributed by atoms with Crippen molar-refractivity contribution in [3.63, 3.8) is 0 Å². The highest BCUT2D eigenvalue weighted by Crippen LogP contribution is 2.24. The zero-order valence-corrected chi connectivity index (χ0v) is 12.8. The molecule has 0 amide bonds. The standard InChI is InChI=1S/C14H11ClINO2/c15-12-4-2-1-3-11(12)9-19-14-6-5-10(8-17-18)7-13(14)16/h1-8,18H,9H2/b17-8-. The van der Waals surface area contributed by atoms with Crippen molar-refractivity contribution in [1.29, 1.82) is 0 Å². The summed E-state index contributed by atoms with van der Waals surface area (Å²) >= 11 is 8.25. The molecule has 0 spiro atoms. The highest BCUT2D eigenvalue weighted by molar-refractivity contribution is 14.1. The SMILES string of the molecule is O/N=C\c1ccc(OCc2ccccc2Cl)c(I)c1. The van der Waals surface area contributed by atoms with E-state index in [2.05, 4.69) is 27.7 Å². The van der Waals surface area contributed by atoms with Crippen LogP contribution in [0.3, 0.4) is 0 Å². The molecule has 1 N–H and O–H groups in total. The van der Waals surface area contributed by atoms with Crippen LogP contribution in [0.25, 0.3) is 0 Å². The molecule has 0 heterocycles. The summed E-state index contributed by atoms with van der Waals surface area (Å²) < 4.78 is 6.68. The van der Waals surface area contributed by atoms with Crippen LogP contribution >= 0.6 is 34.2 Å². The summed E-state index contributed by atoms with van der Waals surface area (Å²) in [6.45, 7) is 0.420. The van der Waals surface area contributed by atoms with E-state index >= 15 is 0 Å². The lowest BCUT2D eigenvalue weighted by Gasteiger charge is -2.09. The number of hydrogen-bond donors (Lipinski definition) is 1. The van der Waals surface area contributed by atoms with Gasteiger partial charge in [-0.2, -0.15) is 0 Å². The Labute approximate surface area is 130 Å². The lowest BCUT2D eigenvalue weighted by molar-refractivity contribution is 0.304. The third-order valence-corrected chi connectivity index (χ3v) is 3.72. The van der Waals surface area contributed by atoms with E-state index in [1.807, 2.05) is 42.5 Å². The van der Waals surface area contributed by atoms with Crippen LogP contribution in [0.1, 0.15) is 11.1 Å². The number of ether oxygens (including phenoxy) is 1. The molecule has 0 atom stereocenters. The lowest BCUT2D eigenvalue weighted by atomic mass is 10.2. The Morgan fingerprint density at radius 2 is 2.05 bits per heavy atom. The van der Waals surface area contributed by atoms with Crippen LogP contribution in [0.2, 0.25) is 5.02 Å². The van der Waals surface area contributed by atoms with Crippen LogP contribution in [0.15, 0.2) is 47.6 Å². The second kappa shape index (κ2) is 6.77. The summed E-state index contributed by atoms with van der Waals surface area (Å²) in [7, 11) is 0. The molecule has 0 fully saturated rings. The first kappa shape index (κ1) is 14.1. The van der Waals surface area contributed by atoms with Crippen molar-refractivity contribution in [3.8, 4) is 5.75 Å². The van der Waals surface area contributed by atoms with Crippen LogP contribution in [-0.2, 0) is 6.61 Å². The molecule has 0 aromatic heterocycles. The quantitative estimate of drug-likeness (QED) is 0.367. The molecule has 2 aromatic carbocycles. The Bertz CT molecular complexity index is 602. The summed E-state index contributed by atoms with van der Waals surface area (Å²) in [4.78, 5) is 0. The summed E-state index contributed by atoms with van der Waals surface area (Å²) in [5, 5.41) is 12.2. The van der Waals surface area contributed by atoms with Crippen molar-refractivity contribution in [2.24, 2.45) is 5.16 Å². The number of hydrogen-bond acceptors (Lipinski definition) is 3. The average molecular weight is 388 g/mol. The van der Waals surface area contributed by atoms with E-state index in [1.165, 1.54) is 6.21 Å². The van der Waals surface area contributed by atoms with Crippen molar-refractivity contribution in [1.82, 2.24) is 0 Å². The minimum absolute atomic E-state index is 0.420. The molecule has 0 aliphatic rings. The van der Waals surface area contributed by atoms with E-state index in [4.69, 9.17) is 21.5 Å². The van der Waals surface area contributed by atoms with Gasteiger partial charge in [-0.25, -0.2) is 0 Å². The van der Waals surface area contributed by atoms with Gasteiger partial charge in [-0.1, -0.05) is 35.0 Å². The molecule has 0 unspecified atom stereocenters. The third kappa shape index (κ3) is 3.84. The fourth-order valence-electron chi connectivity index (χ4n) is 1.55. The number of nitrogens with zero attached hydrogens (tertiary/aromatic N) is 1. The summed E-state index contributed by atoms with van der Waals surface area (Å²) in [6, 6.07) is 13.1. The van der Waals surface area contributed by atoms with Crippen molar-refractivity contribution >= 4 is 40.4 Å². The number of rotatable bonds is 4. The molecule has 19 heavy (non-hydrogen) atoms. The van der Waals surface area contributed by atoms with Crippen LogP contribution < -0.4 is 4.74 Å². The molecular weight excluding hydrogens is 377 g/mol. The minimum Gasteiger partial charge on any atom is -0.488 e. The topological polar surface area (TPSA) is 41.8 Å². The molecule has 0 bridgehead atoms. The van der Waals surface area contributed by atoms with Gasteiger partial charge in [0, 0.05) is 10.6 Å². The molecule has 2 rings (SSSR count). The first-order chi connectivity index (χ1) is 9.20. The van der Waals surface area contributed by atoms with Gasteiger partial charge in [0.2, 0.25) is 0 Å². The summed E-state index contributed by atoms with van der Waals surface area (Å²) in [6.07, 6.45) is 1.38. The van der Waals surface area contributed by atoms with Crippen LogP contribution in [-0.4, -0.2) is 11.4 Å². The Morgan fingerprint density at radius 1 is 1.26 bits per heavy atom. The molecule has 2 aromatic rings. The molecule has 0 saturated carbocycles. The van der Waals surface area contributed by atoms with E-state index in [-0.39, 0.29) is 0 Å². The van der Waals surface area contributed by atoms with Crippen molar-refractivity contribution in [2.75, 3.05) is 0 Å². The lowest BCUT2D eigenvalue weighted by Crippen LogP contribution is -1.98. The zero-order chi connectivity index (χ0) is 13.7. The first-order valence-electron chi connectivity index (χ1n) is 5.54. The second-order valence-corrected chi connectivity index (χ2v) is 5.38. The fourth-order valence-corrected chi connectivity index (χ4v) is 2.44. The predicted octanol–water partition coefficient (Wildman–Crippen LogP) is 4.33. The van der Waals surface area contributed by atoms with E-state index in [9.17, 15) is 0 Å². The van der Waals surface area contributed by atoms with Crippen LogP contribution in [0, 0.1) is 3.57 Å². The highest BCUT2D eigenvalue weighted by Gasteiger charge is 2.04. The zero-order valence-electron chi connectivity index (χ0n) is 9.88. The normalized spacial score (nSPS) is 10.8. The molecule has 0 aliphatic heterocycles. The number of halogens is 2. The third-order valence-electron chi connectivity index (χ3n) is 2.50. The Morgan fingerprint density at radius 3 is 2.74 bits per heavy atom. The van der Waals surface area contributed by atoms with E-state index < -0.39 is 0 Å². The average Bonchev–Trinajstić information content (AvgIpc) is 2.40. The van der Waals surface area contributed by atoms with Crippen molar-refractivity contribution in [2.45, 2.75) is 6.61 Å². The predicted molar refractivity (Wildman–Crippen MR) is 84.3 cm³/mol. The van der Waals surface area contributed by atoms with E-state index in [0.717, 1.165) is 20.4 Å². The Hall–Kier alpha value is -1.27. The summed E-state index contributed by atoms with van der Waals surface area (Å²) in [5.74, 6) is 0.774. The van der Waals surface area contributed by atoms with Gasteiger partial charge >= 0.3 is 0 Å². The second-order valence-electron chi connectivity index (χ2n) is 3.81. The van der Waals surface area contributed by atoms with Crippen molar-refractivity contribution in [3.05, 3.63) is 62.2 Å². The highest BCUT2D eigenvalue weighted by atomic mass is 127. The first-order valence-corrected chi connectivity index (χ1v) is 6.99. The molecule has 98 valence electrons. The van der Waals surface area contributed by atoms with Gasteiger partial charge in [-0.15, -0.1) is 0 Å². The van der Waals surface area contributed by atoms with Crippen LogP contribution in [0.4, 0.5) is 0 Å². The Balaban J connectivity index is 2.10. The molecule has 0 saturated heterocycles. The summed E-state index contributed by atoms with van der Waals surface area (Å²) in [5.41, 5.74) is 1.76. The maximum Gasteiger partial charge on any atom is 0.133 e. The minimum atomic E-state index is 0.420. The monoisotopic (exact) mass is 387 g/mol. The van der Waals surface area contributed by atoms with E-state index in [0.29, 0.717) is 11.6 Å². The van der Waals surface area contributed by atoms with Gasteiger partial charge in [-0.05, 0) is 52.4 Å². The molecular formula is C14H11ClINO2. The molecule has 0 radical (unpaired) electrons. The maximum absolute atomic E-state index is 8.48. The van der Waals surface area contributed by atoms with Gasteiger partial charge in [0.25, 0.3) is 0 Å². The Kier molecular flexibility index (Phi) is 5.04. The fraction of sp³-hybridized carbons (Fsp3) is 0.0714. The molecule has 3 nitrogen and oxygen atoms in total. The molecule has 5 heteroatoms. The molecule has 0 aliphatic carbocycles. The van der Waals surface area contributed by atoms with Gasteiger partial charge in [0.05, 0.1) is 9.78 Å². The largest absolute Gasteiger partial charge is 0.488 e. The van der Waals surface area contributed by atoms with Crippen LogP contribution in [0.5, 0.6) is 5.75 Å². The van der Waals surface area contributed by atoms with Crippen molar-refractivity contribution < 1.29 is 9.94 Å². The number of oxime groups is 1. The van der Waals surface area contributed by atoms with Gasteiger partial charge in [-0.3, -0.25) is 0 Å². The van der Waals surface area contributed by atoms with Gasteiger partial charge in [0.1, 0.15) is 12.4 Å². The van der Waals surface area contributed by atoms with E-state index in [1.54, 1.807) is 0 Å². The van der Waals surface area contributed by atoms with Gasteiger partial charge in [0.15, 0.2) is 0 Å². The number of benzene rings is 2. The smallest absolute Gasteiger partial charge is 0.133 e. The van der Waals surface area contributed by atoms with Gasteiger partial charge < -0.3 is 9.94 Å².